The van der Waals surface area contributed by atoms with Gasteiger partial charge in [-0.05, 0) is 30.3 Å². The van der Waals surface area contributed by atoms with Gasteiger partial charge in [0.15, 0.2) is 0 Å². The van der Waals surface area contributed by atoms with Crippen molar-refractivity contribution in [2.45, 2.75) is 4.90 Å². The first-order valence-electron chi connectivity index (χ1n) is 6.05. The van der Waals surface area contributed by atoms with Crippen LogP contribution in [0.2, 0.25) is 5.02 Å². The van der Waals surface area contributed by atoms with Gasteiger partial charge in [0.05, 0.1) is 12.8 Å². The van der Waals surface area contributed by atoms with Crippen LogP contribution in [0.5, 0.6) is 5.75 Å². The van der Waals surface area contributed by atoms with Crippen LogP contribution in [-0.2, 0) is 10.0 Å². The van der Waals surface area contributed by atoms with Crippen LogP contribution in [0.15, 0.2) is 41.3 Å². The van der Waals surface area contributed by atoms with Gasteiger partial charge in [0, 0.05) is 18.1 Å². The van der Waals surface area contributed by atoms with E-state index in [0.717, 1.165) is 19.2 Å². The van der Waals surface area contributed by atoms with Crippen LogP contribution in [0.3, 0.4) is 0 Å². The third-order valence-corrected chi connectivity index (χ3v) is 5.04. The highest BCUT2D eigenvalue weighted by atomic mass is 35.5. The SMILES string of the molecule is COc1ccc(Cl)cc1S(=O)(=O)N(C)c1ccc(F)cc1F. The summed E-state index contributed by atoms with van der Waals surface area (Å²) in [5, 5.41) is 0.187. The zero-order chi connectivity index (χ0) is 16.5. The third kappa shape index (κ3) is 3.00. The number of nitrogens with zero attached hydrogens (tertiary/aromatic N) is 1. The van der Waals surface area contributed by atoms with Crippen molar-refractivity contribution in [2.75, 3.05) is 18.5 Å². The van der Waals surface area contributed by atoms with Gasteiger partial charge < -0.3 is 4.74 Å². The molecule has 4 nitrogen and oxygen atoms in total. The van der Waals surface area contributed by atoms with Gasteiger partial charge in [-0.2, -0.15) is 0 Å². The van der Waals surface area contributed by atoms with Crippen molar-refractivity contribution in [3.63, 3.8) is 0 Å². The van der Waals surface area contributed by atoms with Gasteiger partial charge in [-0.15, -0.1) is 0 Å². The second kappa shape index (κ2) is 6.10. The fourth-order valence-corrected chi connectivity index (χ4v) is 3.49. The largest absolute Gasteiger partial charge is 0.495 e. The van der Waals surface area contributed by atoms with Crippen LogP contribution in [0.4, 0.5) is 14.5 Å². The maximum absolute atomic E-state index is 13.8. The van der Waals surface area contributed by atoms with Crippen molar-refractivity contribution >= 4 is 27.3 Å². The molecule has 8 heteroatoms. The molecule has 0 aliphatic rings. The Balaban J connectivity index is 2.57. The molecule has 0 N–H and O–H groups in total. The van der Waals surface area contributed by atoms with Crippen molar-refractivity contribution in [3.05, 3.63) is 53.1 Å². The first kappa shape index (κ1) is 16.5. The average Bonchev–Trinajstić information content (AvgIpc) is 2.46. The number of anilines is 1. The van der Waals surface area contributed by atoms with Crippen molar-refractivity contribution in [1.29, 1.82) is 0 Å². The van der Waals surface area contributed by atoms with Crippen molar-refractivity contribution in [1.82, 2.24) is 0 Å². The summed E-state index contributed by atoms with van der Waals surface area (Å²) in [6, 6.07) is 6.69. The molecular formula is C14H12ClF2NO3S. The molecule has 2 aromatic carbocycles. The van der Waals surface area contributed by atoms with E-state index in [9.17, 15) is 17.2 Å². The molecule has 0 spiro atoms. The molecule has 2 rings (SSSR count). The lowest BCUT2D eigenvalue weighted by Crippen LogP contribution is -2.27. The molecule has 0 saturated heterocycles. The second-order valence-electron chi connectivity index (χ2n) is 4.36. The van der Waals surface area contributed by atoms with Crippen LogP contribution in [0, 0.1) is 11.6 Å². The number of sulfonamides is 1. The van der Waals surface area contributed by atoms with E-state index in [1.54, 1.807) is 0 Å². The van der Waals surface area contributed by atoms with Crippen LogP contribution in [-0.4, -0.2) is 22.6 Å². The number of benzene rings is 2. The summed E-state index contributed by atoms with van der Waals surface area (Å²) < 4.78 is 57.7. The minimum absolute atomic E-state index is 0.0683. The summed E-state index contributed by atoms with van der Waals surface area (Å²) in [6.45, 7) is 0. The molecule has 0 fully saturated rings. The predicted molar refractivity (Wildman–Crippen MR) is 80.0 cm³/mol. The first-order chi connectivity index (χ1) is 10.3. The number of hydrogen-bond acceptors (Lipinski definition) is 3. The molecule has 0 atom stereocenters. The molecule has 0 aliphatic carbocycles. The van der Waals surface area contributed by atoms with E-state index in [2.05, 4.69) is 0 Å². The van der Waals surface area contributed by atoms with E-state index >= 15 is 0 Å². The molecule has 22 heavy (non-hydrogen) atoms. The minimum Gasteiger partial charge on any atom is -0.495 e. The number of methoxy groups -OCH3 is 1. The van der Waals surface area contributed by atoms with E-state index in [4.69, 9.17) is 16.3 Å². The number of hydrogen-bond donors (Lipinski definition) is 0. The maximum atomic E-state index is 13.8. The van der Waals surface area contributed by atoms with E-state index in [0.29, 0.717) is 10.4 Å². The Kier molecular flexibility index (Phi) is 4.58. The van der Waals surface area contributed by atoms with Crippen LogP contribution < -0.4 is 9.04 Å². The highest BCUT2D eigenvalue weighted by molar-refractivity contribution is 7.93. The van der Waals surface area contributed by atoms with Gasteiger partial charge in [-0.1, -0.05) is 11.6 Å². The zero-order valence-corrected chi connectivity index (χ0v) is 13.3. The summed E-state index contributed by atoms with van der Waals surface area (Å²) in [5.74, 6) is -1.72. The van der Waals surface area contributed by atoms with Gasteiger partial charge in [0.1, 0.15) is 22.3 Å². The van der Waals surface area contributed by atoms with Crippen LogP contribution >= 0.6 is 11.6 Å². The minimum atomic E-state index is -4.13. The quantitative estimate of drug-likeness (QED) is 0.851. The molecule has 0 aliphatic heterocycles. The maximum Gasteiger partial charge on any atom is 0.267 e. The monoisotopic (exact) mass is 347 g/mol. The molecule has 0 heterocycles. The predicted octanol–water partition coefficient (Wildman–Crippen LogP) is 3.45. The molecular weight excluding hydrogens is 336 g/mol. The lowest BCUT2D eigenvalue weighted by Gasteiger charge is -2.21. The fraction of sp³-hybridized carbons (Fsp3) is 0.143. The lowest BCUT2D eigenvalue weighted by molar-refractivity contribution is 0.402. The zero-order valence-electron chi connectivity index (χ0n) is 11.7. The topological polar surface area (TPSA) is 46.6 Å². The van der Waals surface area contributed by atoms with Crippen molar-refractivity contribution in [3.8, 4) is 5.75 Å². The fourth-order valence-electron chi connectivity index (χ4n) is 1.87. The molecule has 0 aromatic heterocycles. The Bertz CT molecular complexity index is 812. The average molecular weight is 348 g/mol. The number of halogens is 3. The smallest absolute Gasteiger partial charge is 0.267 e. The van der Waals surface area contributed by atoms with Gasteiger partial charge >= 0.3 is 0 Å². The molecule has 0 saturated carbocycles. The highest BCUT2D eigenvalue weighted by Gasteiger charge is 2.27. The second-order valence-corrected chi connectivity index (χ2v) is 6.74. The molecule has 118 valence electrons. The number of rotatable bonds is 4. The normalized spacial score (nSPS) is 11.3. The highest BCUT2D eigenvalue weighted by Crippen LogP contribution is 2.32. The Morgan fingerprint density at radius 3 is 2.41 bits per heavy atom. The molecule has 0 bridgehead atoms. The van der Waals surface area contributed by atoms with Crippen molar-refractivity contribution < 1.29 is 21.9 Å². The standard InChI is InChI=1S/C14H12ClF2NO3S/c1-18(12-5-4-10(16)8-11(12)17)22(19,20)14-7-9(15)3-6-13(14)21-2/h3-8H,1-2H3. The molecule has 0 radical (unpaired) electrons. The number of ether oxygens (including phenoxy) is 1. The summed E-state index contributed by atoms with van der Waals surface area (Å²) in [6.07, 6.45) is 0. The molecule has 0 amide bonds. The first-order valence-corrected chi connectivity index (χ1v) is 7.86. The van der Waals surface area contributed by atoms with Gasteiger partial charge in [0.2, 0.25) is 0 Å². The summed E-state index contributed by atoms with van der Waals surface area (Å²) in [7, 11) is -1.67. The van der Waals surface area contributed by atoms with Gasteiger partial charge in [-0.3, -0.25) is 4.31 Å². The van der Waals surface area contributed by atoms with Crippen molar-refractivity contribution in [2.24, 2.45) is 0 Å². The van der Waals surface area contributed by atoms with E-state index in [1.807, 2.05) is 0 Å². The summed E-state index contributed by atoms with van der Waals surface area (Å²) in [4.78, 5) is -0.214. The van der Waals surface area contributed by atoms with E-state index in [1.165, 1.54) is 25.3 Å². The summed E-state index contributed by atoms with van der Waals surface area (Å²) >= 11 is 5.82. The van der Waals surface area contributed by atoms with Crippen LogP contribution in [0.25, 0.3) is 0 Å². The Hall–Kier alpha value is -1.86. The summed E-state index contributed by atoms with van der Waals surface area (Å²) in [5.41, 5.74) is -0.288. The molecule has 0 unspecified atom stereocenters. The van der Waals surface area contributed by atoms with E-state index < -0.39 is 21.7 Å². The Morgan fingerprint density at radius 2 is 1.82 bits per heavy atom. The van der Waals surface area contributed by atoms with Gasteiger partial charge in [-0.25, -0.2) is 17.2 Å². The third-order valence-electron chi connectivity index (χ3n) is 3.01. The van der Waals surface area contributed by atoms with Crippen LogP contribution in [0.1, 0.15) is 0 Å². The van der Waals surface area contributed by atoms with E-state index in [-0.39, 0.29) is 21.4 Å². The Labute approximate surface area is 131 Å². The Morgan fingerprint density at radius 1 is 1.14 bits per heavy atom. The molecule has 2 aromatic rings. The lowest BCUT2D eigenvalue weighted by atomic mass is 10.3. The van der Waals surface area contributed by atoms with Gasteiger partial charge in [0.25, 0.3) is 10.0 Å².